The Balaban J connectivity index is 2.72. The van der Waals surface area contributed by atoms with E-state index < -0.39 is 5.91 Å². The number of anilines is 1. The predicted molar refractivity (Wildman–Crippen MR) is 61.5 cm³/mol. The van der Waals surface area contributed by atoms with Gasteiger partial charge in [0.15, 0.2) is 0 Å². The normalized spacial score (nSPS) is 10.3. The third kappa shape index (κ3) is 1.72. The average molecular weight is 237 g/mol. The van der Waals surface area contributed by atoms with Crippen molar-refractivity contribution in [3.63, 3.8) is 0 Å². The summed E-state index contributed by atoms with van der Waals surface area (Å²) in [5.41, 5.74) is 12.0. The Labute approximate surface area is 96.6 Å². The Kier molecular flexibility index (Phi) is 2.54. The van der Waals surface area contributed by atoms with Crippen LogP contribution in [0.4, 0.5) is 5.69 Å². The molecule has 5 nitrogen and oxygen atoms in total. The molecule has 0 unspecified atom stereocenters. The molecule has 0 aliphatic rings. The molecule has 0 fully saturated rings. The maximum atomic E-state index is 11.3. The number of primary amides is 1. The van der Waals surface area contributed by atoms with E-state index in [9.17, 15) is 4.79 Å². The molecule has 0 atom stereocenters. The SMILES string of the molecule is NC(=O)c1cc(N)cc(Cl)c1-n1ccnc1. The number of rotatable bonds is 2. The third-order valence-corrected chi connectivity index (χ3v) is 2.40. The van der Waals surface area contributed by atoms with Crippen LogP contribution in [0.2, 0.25) is 5.02 Å². The van der Waals surface area contributed by atoms with E-state index in [-0.39, 0.29) is 5.56 Å². The zero-order valence-corrected chi connectivity index (χ0v) is 8.98. The van der Waals surface area contributed by atoms with Crippen LogP contribution in [0.15, 0.2) is 30.9 Å². The molecule has 0 aliphatic heterocycles. The van der Waals surface area contributed by atoms with Gasteiger partial charge in [-0.1, -0.05) is 11.6 Å². The Morgan fingerprint density at radius 3 is 2.75 bits per heavy atom. The lowest BCUT2D eigenvalue weighted by Gasteiger charge is -2.10. The molecule has 2 aromatic rings. The summed E-state index contributed by atoms with van der Waals surface area (Å²) in [7, 11) is 0. The van der Waals surface area contributed by atoms with Gasteiger partial charge in [0, 0.05) is 18.1 Å². The molecular weight excluding hydrogens is 228 g/mol. The van der Waals surface area contributed by atoms with Crippen molar-refractivity contribution in [3.05, 3.63) is 41.4 Å². The minimum atomic E-state index is -0.585. The van der Waals surface area contributed by atoms with Gasteiger partial charge in [-0.15, -0.1) is 0 Å². The molecule has 1 aromatic carbocycles. The Bertz CT molecular complexity index is 536. The summed E-state index contributed by atoms with van der Waals surface area (Å²) in [6.07, 6.45) is 4.78. The summed E-state index contributed by atoms with van der Waals surface area (Å²) >= 11 is 6.03. The number of benzene rings is 1. The van der Waals surface area contributed by atoms with Crippen LogP contribution < -0.4 is 11.5 Å². The number of nitrogens with zero attached hydrogens (tertiary/aromatic N) is 2. The number of amides is 1. The second-order valence-corrected chi connectivity index (χ2v) is 3.64. The average Bonchev–Trinajstić information content (AvgIpc) is 2.69. The number of nitrogens with two attached hydrogens (primary N) is 2. The molecule has 82 valence electrons. The fourth-order valence-electron chi connectivity index (χ4n) is 1.46. The van der Waals surface area contributed by atoms with Gasteiger partial charge in [-0.3, -0.25) is 4.79 Å². The van der Waals surface area contributed by atoms with E-state index in [4.69, 9.17) is 23.1 Å². The molecule has 2 rings (SSSR count). The van der Waals surface area contributed by atoms with Crippen LogP contribution >= 0.6 is 11.6 Å². The van der Waals surface area contributed by atoms with Crippen LogP contribution in [0.25, 0.3) is 5.69 Å². The van der Waals surface area contributed by atoms with Crippen LogP contribution in [0.3, 0.4) is 0 Å². The molecule has 0 radical (unpaired) electrons. The van der Waals surface area contributed by atoms with Gasteiger partial charge in [-0.05, 0) is 12.1 Å². The molecule has 0 saturated carbocycles. The summed E-state index contributed by atoms with van der Waals surface area (Å²) in [6, 6.07) is 3.05. The molecule has 4 N–H and O–H groups in total. The molecular formula is C10H9ClN4O. The van der Waals surface area contributed by atoms with Crippen LogP contribution in [-0.2, 0) is 0 Å². The van der Waals surface area contributed by atoms with Crippen molar-refractivity contribution in [1.29, 1.82) is 0 Å². The van der Waals surface area contributed by atoms with Gasteiger partial charge >= 0.3 is 0 Å². The number of carbonyl (C=O) groups is 1. The first-order valence-electron chi connectivity index (χ1n) is 4.46. The monoisotopic (exact) mass is 236 g/mol. The second-order valence-electron chi connectivity index (χ2n) is 3.23. The van der Waals surface area contributed by atoms with Gasteiger partial charge < -0.3 is 16.0 Å². The molecule has 0 bridgehead atoms. The molecule has 0 spiro atoms. The topological polar surface area (TPSA) is 86.9 Å². The number of nitrogen functional groups attached to an aromatic ring is 1. The molecule has 1 amide bonds. The van der Waals surface area contributed by atoms with Gasteiger partial charge in [-0.2, -0.15) is 0 Å². The van der Waals surface area contributed by atoms with Crippen molar-refractivity contribution in [1.82, 2.24) is 9.55 Å². The Morgan fingerprint density at radius 1 is 1.44 bits per heavy atom. The van der Waals surface area contributed by atoms with E-state index in [1.807, 2.05) is 0 Å². The van der Waals surface area contributed by atoms with E-state index >= 15 is 0 Å². The van der Waals surface area contributed by atoms with Crippen LogP contribution in [0.5, 0.6) is 0 Å². The van der Waals surface area contributed by atoms with E-state index in [1.54, 1.807) is 23.0 Å². The molecule has 1 aromatic heterocycles. The van der Waals surface area contributed by atoms with Gasteiger partial charge in [0.1, 0.15) is 0 Å². The first kappa shape index (κ1) is 10.5. The van der Waals surface area contributed by atoms with Crippen molar-refractivity contribution < 1.29 is 4.79 Å². The zero-order valence-electron chi connectivity index (χ0n) is 8.22. The van der Waals surface area contributed by atoms with Crippen LogP contribution in [-0.4, -0.2) is 15.5 Å². The van der Waals surface area contributed by atoms with Crippen molar-refractivity contribution in [3.8, 4) is 5.69 Å². The van der Waals surface area contributed by atoms with Gasteiger partial charge in [0.05, 0.1) is 22.6 Å². The fraction of sp³-hybridized carbons (Fsp3) is 0. The Hall–Kier alpha value is -2.01. The van der Waals surface area contributed by atoms with Crippen LogP contribution in [0, 0.1) is 0 Å². The minimum absolute atomic E-state index is 0.267. The minimum Gasteiger partial charge on any atom is -0.399 e. The third-order valence-electron chi connectivity index (χ3n) is 2.11. The van der Waals surface area contributed by atoms with E-state index in [1.165, 1.54) is 12.4 Å². The molecule has 16 heavy (non-hydrogen) atoms. The van der Waals surface area contributed by atoms with E-state index in [0.717, 1.165) is 0 Å². The number of aromatic nitrogens is 2. The molecule has 0 aliphatic carbocycles. The Morgan fingerprint density at radius 2 is 2.19 bits per heavy atom. The first-order chi connectivity index (χ1) is 7.59. The number of carbonyl (C=O) groups excluding carboxylic acids is 1. The first-order valence-corrected chi connectivity index (χ1v) is 4.84. The summed E-state index contributed by atoms with van der Waals surface area (Å²) in [4.78, 5) is 15.2. The summed E-state index contributed by atoms with van der Waals surface area (Å²) < 4.78 is 1.61. The highest BCUT2D eigenvalue weighted by Crippen LogP contribution is 2.27. The zero-order chi connectivity index (χ0) is 11.7. The molecule has 0 saturated heterocycles. The highest BCUT2D eigenvalue weighted by molar-refractivity contribution is 6.33. The largest absolute Gasteiger partial charge is 0.399 e. The van der Waals surface area contributed by atoms with E-state index in [0.29, 0.717) is 16.4 Å². The van der Waals surface area contributed by atoms with Gasteiger partial charge in [0.2, 0.25) is 0 Å². The smallest absolute Gasteiger partial charge is 0.250 e. The number of hydrogen-bond donors (Lipinski definition) is 2. The number of hydrogen-bond acceptors (Lipinski definition) is 3. The standard InChI is InChI=1S/C10H9ClN4O/c11-8-4-6(12)3-7(10(13)16)9(8)15-2-1-14-5-15/h1-5H,12H2,(H2,13,16). The number of halogens is 1. The summed E-state index contributed by atoms with van der Waals surface area (Å²) in [6.45, 7) is 0. The highest BCUT2D eigenvalue weighted by atomic mass is 35.5. The summed E-state index contributed by atoms with van der Waals surface area (Å²) in [5.74, 6) is -0.585. The highest BCUT2D eigenvalue weighted by Gasteiger charge is 2.14. The van der Waals surface area contributed by atoms with Crippen molar-refractivity contribution in [2.45, 2.75) is 0 Å². The second kappa shape index (κ2) is 3.86. The lowest BCUT2D eigenvalue weighted by Crippen LogP contribution is -2.15. The van der Waals surface area contributed by atoms with Crippen molar-refractivity contribution in [2.24, 2.45) is 5.73 Å². The molecule has 1 heterocycles. The van der Waals surface area contributed by atoms with Crippen molar-refractivity contribution in [2.75, 3.05) is 5.73 Å². The van der Waals surface area contributed by atoms with Gasteiger partial charge in [0.25, 0.3) is 5.91 Å². The van der Waals surface area contributed by atoms with E-state index in [2.05, 4.69) is 4.98 Å². The quantitative estimate of drug-likeness (QED) is 0.769. The van der Waals surface area contributed by atoms with Crippen molar-refractivity contribution >= 4 is 23.2 Å². The fourth-order valence-corrected chi connectivity index (χ4v) is 1.79. The lowest BCUT2D eigenvalue weighted by atomic mass is 10.1. The maximum Gasteiger partial charge on any atom is 0.250 e. The predicted octanol–water partition coefficient (Wildman–Crippen LogP) is 1.21. The summed E-state index contributed by atoms with van der Waals surface area (Å²) in [5, 5.41) is 0.354. The lowest BCUT2D eigenvalue weighted by molar-refractivity contribution is 0.100. The number of imidazole rings is 1. The van der Waals surface area contributed by atoms with Crippen LogP contribution in [0.1, 0.15) is 10.4 Å². The maximum absolute atomic E-state index is 11.3. The van der Waals surface area contributed by atoms with Gasteiger partial charge in [-0.25, -0.2) is 4.98 Å². The molecule has 6 heteroatoms.